The zero-order chi connectivity index (χ0) is 11.3. The lowest BCUT2D eigenvalue weighted by atomic mass is 10.2. The molecule has 1 aromatic carbocycles. The first-order valence-electron chi connectivity index (χ1n) is 4.25. The van der Waals surface area contributed by atoms with Gasteiger partial charge in [0.2, 0.25) is 5.90 Å². The Morgan fingerprint density at radius 3 is 2.53 bits per heavy atom. The van der Waals surface area contributed by atoms with Gasteiger partial charge in [-0.05, 0) is 35.5 Å². The molecule has 0 aliphatic heterocycles. The van der Waals surface area contributed by atoms with Crippen LogP contribution < -0.4 is 0 Å². The predicted octanol–water partition coefficient (Wildman–Crippen LogP) is 2.84. The summed E-state index contributed by atoms with van der Waals surface area (Å²) in [4.78, 5) is 20.6. The van der Waals surface area contributed by atoms with Crippen molar-refractivity contribution in [1.82, 2.24) is 0 Å². The Kier molecular flexibility index (Phi) is 3.61. The fraction of sp³-hybridized carbons (Fsp3) is 0.222. The van der Waals surface area contributed by atoms with Crippen molar-refractivity contribution in [1.29, 1.82) is 5.41 Å². The average molecular weight is 207 g/mol. The second kappa shape index (κ2) is 4.94. The van der Waals surface area contributed by atoms with Crippen LogP contribution >= 0.6 is 0 Å². The van der Waals surface area contributed by atoms with Crippen LogP contribution in [0.2, 0.25) is 0 Å². The molecular weight excluding hydrogens is 198 g/mol. The van der Waals surface area contributed by atoms with E-state index in [0.717, 1.165) is 0 Å². The SMILES string of the molecule is CCOC(=N)c1ccc(N=O)c(N=O)c1. The number of ether oxygens (including phenoxy) is 1. The van der Waals surface area contributed by atoms with Gasteiger partial charge in [0.15, 0.2) is 0 Å². The predicted molar refractivity (Wildman–Crippen MR) is 55.8 cm³/mol. The monoisotopic (exact) mass is 207 g/mol. The molecule has 15 heavy (non-hydrogen) atoms. The van der Waals surface area contributed by atoms with Gasteiger partial charge >= 0.3 is 0 Å². The maximum Gasteiger partial charge on any atom is 0.213 e. The highest BCUT2D eigenvalue weighted by Gasteiger charge is 2.08. The summed E-state index contributed by atoms with van der Waals surface area (Å²) in [5.74, 6) is -0.0696. The third kappa shape index (κ3) is 2.43. The summed E-state index contributed by atoms with van der Waals surface area (Å²) >= 11 is 0. The third-order valence-corrected chi connectivity index (χ3v) is 1.72. The van der Waals surface area contributed by atoms with E-state index in [9.17, 15) is 9.81 Å². The minimum atomic E-state index is -0.0908. The zero-order valence-electron chi connectivity index (χ0n) is 8.06. The van der Waals surface area contributed by atoms with E-state index < -0.39 is 0 Å². The quantitative estimate of drug-likeness (QED) is 0.467. The molecule has 6 nitrogen and oxygen atoms in total. The number of nitrogens with zero attached hydrogens (tertiary/aromatic N) is 2. The second-order valence-corrected chi connectivity index (χ2v) is 2.65. The van der Waals surface area contributed by atoms with Gasteiger partial charge < -0.3 is 4.74 Å². The normalized spacial score (nSPS) is 9.40. The molecule has 0 saturated carbocycles. The molecule has 0 bridgehead atoms. The maximum absolute atomic E-state index is 10.4. The van der Waals surface area contributed by atoms with Crippen molar-refractivity contribution in [3.8, 4) is 0 Å². The summed E-state index contributed by atoms with van der Waals surface area (Å²) < 4.78 is 4.93. The summed E-state index contributed by atoms with van der Waals surface area (Å²) in [6.07, 6.45) is 0. The number of nitrogens with one attached hydrogen (secondary N) is 1. The van der Waals surface area contributed by atoms with Crippen molar-refractivity contribution >= 4 is 17.3 Å². The van der Waals surface area contributed by atoms with Gasteiger partial charge in [-0.2, -0.15) is 0 Å². The van der Waals surface area contributed by atoms with E-state index in [1.807, 2.05) is 0 Å². The molecule has 78 valence electrons. The van der Waals surface area contributed by atoms with Crippen LogP contribution in [-0.4, -0.2) is 12.5 Å². The van der Waals surface area contributed by atoms with Crippen LogP contribution in [-0.2, 0) is 4.74 Å². The van der Waals surface area contributed by atoms with E-state index in [1.54, 1.807) is 6.92 Å². The highest BCUT2D eigenvalue weighted by molar-refractivity contribution is 5.93. The Labute approximate surface area is 85.7 Å². The second-order valence-electron chi connectivity index (χ2n) is 2.65. The lowest BCUT2D eigenvalue weighted by Gasteiger charge is -2.04. The van der Waals surface area contributed by atoms with Gasteiger partial charge in [-0.3, -0.25) is 5.41 Å². The van der Waals surface area contributed by atoms with Crippen molar-refractivity contribution in [2.75, 3.05) is 6.61 Å². The molecule has 0 aliphatic rings. The van der Waals surface area contributed by atoms with E-state index >= 15 is 0 Å². The molecule has 0 unspecified atom stereocenters. The molecule has 0 atom stereocenters. The fourth-order valence-electron chi connectivity index (χ4n) is 1.04. The molecule has 0 aromatic heterocycles. The number of hydrogen-bond acceptors (Lipinski definition) is 6. The average Bonchev–Trinajstić information content (AvgIpc) is 2.28. The first kappa shape index (κ1) is 11.0. The minimum absolute atomic E-state index is 0.0435. The van der Waals surface area contributed by atoms with E-state index in [2.05, 4.69) is 10.4 Å². The van der Waals surface area contributed by atoms with Crippen LogP contribution in [0, 0.1) is 15.2 Å². The molecule has 0 aliphatic carbocycles. The third-order valence-electron chi connectivity index (χ3n) is 1.72. The van der Waals surface area contributed by atoms with Crippen LogP contribution in [0.5, 0.6) is 0 Å². The van der Waals surface area contributed by atoms with Gasteiger partial charge in [0.05, 0.1) is 6.61 Å². The van der Waals surface area contributed by atoms with E-state index in [1.165, 1.54) is 18.2 Å². The lowest BCUT2D eigenvalue weighted by molar-refractivity contribution is 0.325. The summed E-state index contributed by atoms with van der Waals surface area (Å²) in [5.41, 5.74) is 0.254. The molecule has 0 saturated heterocycles. The molecule has 0 spiro atoms. The topological polar surface area (TPSA) is 91.9 Å². The standard InChI is InChI=1S/C9H9N3O3/c1-2-15-9(10)6-3-4-7(11-13)8(5-6)12-14/h3-5,10H,2H2,1H3. The molecule has 0 amide bonds. The number of nitroso groups, excluding NO2 is 2. The minimum Gasteiger partial charge on any atom is -0.478 e. The van der Waals surface area contributed by atoms with Gasteiger partial charge in [-0.15, -0.1) is 9.81 Å². The molecule has 1 aromatic rings. The molecule has 6 heteroatoms. The first-order valence-corrected chi connectivity index (χ1v) is 4.25. The number of benzene rings is 1. The highest BCUT2D eigenvalue weighted by Crippen LogP contribution is 2.28. The summed E-state index contributed by atoms with van der Waals surface area (Å²) in [7, 11) is 0. The summed E-state index contributed by atoms with van der Waals surface area (Å²) in [6.45, 7) is 2.10. The Balaban J connectivity index is 3.07. The molecule has 1 N–H and O–H groups in total. The van der Waals surface area contributed by atoms with Crippen molar-refractivity contribution in [2.24, 2.45) is 10.4 Å². The van der Waals surface area contributed by atoms with Gasteiger partial charge in [0.25, 0.3) is 0 Å². The smallest absolute Gasteiger partial charge is 0.213 e. The Morgan fingerprint density at radius 2 is 2.00 bits per heavy atom. The Bertz CT molecular complexity index is 404. The fourth-order valence-corrected chi connectivity index (χ4v) is 1.04. The molecule has 1 rings (SSSR count). The van der Waals surface area contributed by atoms with Gasteiger partial charge in [0, 0.05) is 5.56 Å². The van der Waals surface area contributed by atoms with Crippen molar-refractivity contribution in [3.05, 3.63) is 33.6 Å². The summed E-state index contributed by atoms with van der Waals surface area (Å²) in [5, 5.41) is 12.7. The first-order chi connectivity index (χ1) is 7.22. The van der Waals surface area contributed by atoms with Crippen LogP contribution in [0.15, 0.2) is 28.6 Å². The Hall–Kier alpha value is -2.11. The summed E-state index contributed by atoms with van der Waals surface area (Å²) in [6, 6.07) is 4.10. The lowest BCUT2D eigenvalue weighted by Crippen LogP contribution is -2.03. The van der Waals surface area contributed by atoms with E-state index in [-0.39, 0.29) is 17.3 Å². The van der Waals surface area contributed by atoms with Crippen LogP contribution in [0.1, 0.15) is 12.5 Å². The number of rotatable bonds is 4. The van der Waals surface area contributed by atoms with Gasteiger partial charge in [-0.1, -0.05) is 0 Å². The Morgan fingerprint density at radius 1 is 1.33 bits per heavy atom. The van der Waals surface area contributed by atoms with Crippen LogP contribution in [0.25, 0.3) is 0 Å². The highest BCUT2D eigenvalue weighted by atomic mass is 16.5. The van der Waals surface area contributed by atoms with E-state index in [0.29, 0.717) is 12.2 Å². The molecular formula is C9H9N3O3. The van der Waals surface area contributed by atoms with Crippen LogP contribution in [0.4, 0.5) is 11.4 Å². The van der Waals surface area contributed by atoms with Crippen LogP contribution in [0.3, 0.4) is 0 Å². The largest absolute Gasteiger partial charge is 0.478 e. The molecule has 0 fully saturated rings. The number of hydrogen-bond donors (Lipinski definition) is 1. The van der Waals surface area contributed by atoms with Gasteiger partial charge in [0.1, 0.15) is 11.4 Å². The van der Waals surface area contributed by atoms with Crippen molar-refractivity contribution < 1.29 is 4.74 Å². The zero-order valence-corrected chi connectivity index (χ0v) is 8.06. The van der Waals surface area contributed by atoms with Crippen molar-refractivity contribution in [3.63, 3.8) is 0 Å². The molecule has 0 radical (unpaired) electrons. The molecule has 0 heterocycles. The van der Waals surface area contributed by atoms with Gasteiger partial charge in [-0.25, -0.2) is 0 Å². The maximum atomic E-state index is 10.4. The van der Waals surface area contributed by atoms with E-state index in [4.69, 9.17) is 10.1 Å². The van der Waals surface area contributed by atoms with Crippen molar-refractivity contribution in [2.45, 2.75) is 6.92 Å².